The number of nitrogens with zero attached hydrogens (tertiary/aromatic N) is 2. The first-order valence-corrected chi connectivity index (χ1v) is 6.88. The molecule has 0 saturated heterocycles. The van der Waals surface area contributed by atoms with E-state index < -0.39 is 0 Å². The van der Waals surface area contributed by atoms with Gasteiger partial charge in [0.2, 0.25) is 5.95 Å². The first kappa shape index (κ1) is 13.8. The summed E-state index contributed by atoms with van der Waals surface area (Å²) in [7, 11) is 0. The minimum absolute atomic E-state index is 0.223. The predicted octanol–water partition coefficient (Wildman–Crippen LogP) is 4.03. The van der Waals surface area contributed by atoms with Gasteiger partial charge in [-0.3, -0.25) is 0 Å². The highest BCUT2D eigenvalue weighted by molar-refractivity contribution is 6.30. The Balaban J connectivity index is 2.50. The van der Waals surface area contributed by atoms with Crippen molar-refractivity contribution in [2.75, 3.05) is 5.73 Å². The van der Waals surface area contributed by atoms with E-state index in [1.807, 2.05) is 12.1 Å². The molecule has 0 atom stereocenters. The van der Waals surface area contributed by atoms with Crippen LogP contribution in [0.25, 0.3) is 11.3 Å². The van der Waals surface area contributed by atoms with Gasteiger partial charge in [0.1, 0.15) is 5.15 Å². The van der Waals surface area contributed by atoms with Crippen LogP contribution in [-0.2, 0) is 6.42 Å². The zero-order chi connectivity index (χ0) is 13.8. The van der Waals surface area contributed by atoms with Crippen LogP contribution in [0.15, 0.2) is 24.3 Å². The molecule has 3 nitrogen and oxygen atoms in total. The molecule has 0 radical (unpaired) electrons. The summed E-state index contributed by atoms with van der Waals surface area (Å²) in [5.74, 6) is 0.223. The first-order valence-electron chi connectivity index (χ1n) is 6.50. The van der Waals surface area contributed by atoms with Crippen LogP contribution >= 0.6 is 11.6 Å². The molecule has 0 saturated carbocycles. The third-order valence-electron chi connectivity index (χ3n) is 3.08. The summed E-state index contributed by atoms with van der Waals surface area (Å²) in [4.78, 5) is 8.43. The molecule has 1 aromatic heterocycles. The Morgan fingerprint density at radius 2 is 1.84 bits per heavy atom. The van der Waals surface area contributed by atoms with Gasteiger partial charge in [0.25, 0.3) is 0 Å². The third-order valence-corrected chi connectivity index (χ3v) is 3.39. The van der Waals surface area contributed by atoms with Gasteiger partial charge in [0, 0.05) is 11.1 Å². The molecule has 0 spiro atoms. The fraction of sp³-hybridized carbons (Fsp3) is 0.333. The molecule has 0 fully saturated rings. The molecule has 2 rings (SSSR count). The molecular weight excluding hydrogens is 258 g/mol. The summed E-state index contributed by atoms with van der Waals surface area (Å²) in [6.45, 7) is 4.21. The number of benzene rings is 1. The van der Waals surface area contributed by atoms with Gasteiger partial charge in [-0.2, -0.15) is 0 Å². The van der Waals surface area contributed by atoms with Gasteiger partial charge in [-0.25, -0.2) is 9.97 Å². The number of anilines is 1. The van der Waals surface area contributed by atoms with Crippen molar-refractivity contribution in [3.05, 3.63) is 40.5 Å². The first-order chi connectivity index (χ1) is 9.11. The lowest BCUT2D eigenvalue weighted by Crippen LogP contribution is -2.03. The van der Waals surface area contributed by atoms with E-state index in [-0.39, 0.29) is 5.95 Å². The van der Waals surface area contributed by atoms with Crippen molar-refractivity contribution < 1.29 is 0 Å². The normalized spacial score (nSPS) is 10.7. The molecule has 2 aromatic rings. The SMILES string of the molecule is CCCCc1c(Cl)nc(N)nc1-c1ccc(C)cc1. The molecule has 0 aliphatic rings. The summed E-state index contributed by atoms with van der Waals surface area (Å²) in [5, 5.41) is 0.469. The molecule has 2 N–H and O–H groups in total. The van der Waals surface area contributed by atoms with Crippen LogP contribution in [-0.4, -0.2) is 9.97 Å². The van der Waals surface area contributed by atoms with Gasteiger partial charge in [-0.05, 0) is 19.8 Å². The van der Waals surface area contributed by atoms with Crippen LogP contribution in [0.4, 0.5) is 5.95 Å². The van der Waals surface area contributed by atoms with Crippen molar-refractivity contribution in [3.63, 3.8) is 0 Å². The summed E-state index contributed by atoms with van der Waals surface area (Å²) >= 11 is 6.22. The number of nitrogens with two attached hydrogens (primary N) is 1. The number of hydrogen-bond acceptors (Lipinski definition) is 3. The minimum atomic E-state index is 0.223. The van der Waals surface area contributed by atoms with Gasteiger partial charge < -0.3 is 5.73 Å². The smallest absolute Gasteiger partial charge is 0.222 e. The van der Waals surface area contributed by atoms with Crippen LogP contribution in [0.3, 0.4) is 0 Å². The zero-order valence-corrected chi connectivity index (χ0v) is 12.0. The molecule has 0 unspecified atom stereocenters. The Bertz CT molecular complexity index is 564. The number of rotatable bonds is 4. The van der Waals surface area contributed by atoms with Gasteiger partial charge in [0.15, 0.2) is 0 Å². The number of unbranched alkanes of at least 4 members (excludes halogenated alkanes) is 1. The Morgan fingerprint density at radius 1 is 1.16 bits per heavy atom. The van der Waals surface area contributed by atoms with E-state index in [2.05, 4.69) is 35.9 Å². The number of halogens is 1. The van der Waals surface area contributed by atoms with Gasteiger partial charge in [0.05, 0.1) is 5.69 Å². The van der Waals surface area contributed by atoms with E-state index in [4.69, 9.17) is 17.3 Å². The average Bonchev–Trinajstić information content (AvgIpc) is 2.38. The van der Waals surface area contributed by atoms with Crippen LogP contribution in [0.1, 0.15) is 30.9 Å². The molecule has 1 aromatic carbocycles. The highest BCUT2D eigenvalue weighted by atomic mass is 35.5. The van der Waals surface area contributed by atoms with Crippen molar-refractivity contribution in [2.24, 2.45) is 0 Å². The number of aromatic nitrogens is 2. The van der Waals surface area contributed by atoms with E-state index in [0.29, 0.717) is 5.15 Å². The largest absolute Gasteiger partial charge is 0.368 e. The molecular formula is C15H18ClN3. The van der Waals surface area contributed by atoms with Crippen molar-refractivity contribution in [2.45, 2.75) is 33.1 Å². The maximum Gasteiger partial charge on any atom is 0.222 e. The van der Waals surface area contributed by atoms with Crippen molar-refractivity contribution in [1.29, 1.82) is 0 Å². The summed E-state index contributed by atoms with van der Waals surface area (Å²) in [6.07, 6.45) is 3.04. The maximum atomic E-state index is 6.22. The van der Waals surface area contributed by atoms with Gasteiger partial charge in [-0.1, -0.05) is 54.8 Å². The molecule has 19 heavy (non-hydrogen) atoms. The topological polar surface area (TPSA) is 51.8 Å². The number of aryl methyl sites for hydroxylation is 1. The predicted molar refractivity (Wildman–Crippen MR) is 80.2 cm³/mol. The minimum Gasteiger partial charge on any atom is -0.368 e. The quantitative estimate of drug-likeness (QED) is 0.857. The van der Waals surface area contributed by atoms with E-state index in [9.17, 15) is 0 Å². The lowest BCUT2D eigenvalue weighted by Gasteiger charge is -2.11. The molecule has 0 amide bonds. The van der Waals surface area contributed by atoms with Crippen LogP contribution in [0.5, 0.6) is 0 Å². The molecule has 0 aliphatic heterocycles. The standard InChI is InChI=1S/C15H18ClN3/c1-3-4-5-12-13(18-15(17)19-14(12)16)11-8-6-10(2)7-9-11/h6-9H,3-5H2,1-2H3,(H2,17,18,19). The average molecular weight is 276 g/mol. The molecule has 0 bridgehead atoms. The third kappa shape index (κ3) is 3.24. The molecule has 100 valence electrons. The Kier molecular flexibility index (Phi) is 4.38. The van der Waals surface area contributed by atoms with Crippen molar-refractivity contribution in [1.82, 2.24) is 9.97 Å². The van der Waals surface area contributed by atoms with Gasteiger partial charge in [-0.15, -0.1) is 0 Å². The monoisotopic (exact) mass is 275 g/mol. The number of hydrogen-bond donors (Lipinski definition) is 1. The van der Waals surface area contributed by atoms with Crippen molar-refractivity contribution in [3.8, 4) is 11.3 Å². The Hall–Kier alpha value is -1.61. The van der Waals surface area contributed by atoms with Gasteiger partial charge >= 0.3 is 0 Å². The van der Waals surface area contributed by atoms with Crippen LogP contribution in [0.2, 0.25) is 5.15 Å². The second-order valence-electron chi connectivity index (χ2n) is 4.67. The second-order valence-corrected chi connectivity index (χ2v) is 5.03. The summed E-state index contributed by atoms with van der Waals surface area (Å²) < 4.78 is 0. The highest BCUT2D eigenvalue weighted by Crippen LogP contribution is 2.28. The second kappa shape index (κ2) is 6.02. The van der Waals surface area contributed by atoms with E-state index in [1.165, 1.54) is 5.56 Å². The van der Waals surface area contributed by atoms with E-state index in [0.717, 1.165) is 36.1 Å². The van der Waals surface area contributed by atoms with Crippen LogP contribution < -0.4 is 5.73 Å². The maximum absolute atomic E-state index is 6.22. The van der Waals surface area contributed by atoms with Crippen LogP contribution in [0, 0.1) is 6.92 Å². The Morgan fingerprint density at radius 3 is 2.47 bits per heavy atom. The lowest BCUT2D eigenvalue weighted by molar-refractivity contribution is 0.790. The summed E-state index contributed by atoms with van der Waals surface area (Å²) in [5.41, 5.74) is 9.81. The zero-order valence-electron chi connectivity index (χ0n) is 11.3. The fourth-order valence-electron chi connectivity index (χ4n) is 2.00. The summed E-state index contributed by atoms with van der Waals surface area (Å²) in [6, 6.07) is 8.21. The molecule has 1 heterocycles. The fourth-order valence-corrected chi connectivity index (χ4v) is 2.27. The van der Waals surface area contributed by atoms with E-state index in [1.54, 1.807) is 0 Å². The number of nitrogen functional groups attached to an aromatic ring is 1. The molecule has 4 heteroatoms. The molecule has 0 aliphatic carbocycles. The lowest BCUT2D eigenvalue weighted by atomic mass is 10.0. The van der Waals surface area contributed by atoms with Crippen molar-refractivity contribution >= 4 is 17.5 Å². The highest BCUT2D eigenvalue weighted by Gasteiger charge is 2.13. The Labute approximate surface area is 118 Å². The van der Waals surface area contributed by atoms with E-state index >= 15 is 0 Å².